The molecule has 0 amide bonds. The molecule has 17 heavy (non-hydrogen) atoms. The largest absolute Gasteiger partial charge is 0.391 e. The minimum atomic E-state index is -0.286. The fourth-order valence-electron chi connectivity index (χ4n) is 2.18. The molecule has 0 bridgehead atoms. The predicted octanol–water partition coefficient (Wildman–Crippen LogP) is 0.248. The third kappa shape index (κ3) is 2.76. The molecule has 1 unspecified atom stereocenters. The van der Waals surface area contributed by atoms with E-state index in [1.807, 2.05) is 0 Å². The molecule has 94 valence electrons. The number of hydrogen-bond acceptors (Lipinski definition) is 5. The summed E-state index contributed by atoms with van der Waals surface area (Å²) in [6, 6.07) is 0.320. The number of rotatable bonds is 3. The first kappa shape index (κ1) is 11.9. The van der Waals surface area contributed by atoms with E-state index in [9.17, 15) is 4.79 Å². The summed E-state index contributed by atoms with van der Waals surface area (Å²) >= 11 is 0. The quantitative estimate of drug-likeness (QED) is 0.701. The number of likely N-dealkylation sites (N-methyl/N-ethyl adjacent to an activating group) is 1. The van der Waals surface area contributed by atoms with Gasteiger partial charge in [0.2, 0.25) is 0 Å². The molecule has 6 nitrogen and oxygen atoms in total. The molecule has 4 N–H and O–H groups in total. The third-order valence-corrected chi connectivity index (χ3v) is 3.18. The zero-order valence-electron chi connectivity index (χ0n) is 10.1. The van der Waals surface area contributed by atoms with Gasteiger partial charge in [-0.15, -0.1) is 0 Å². The number of aromatic amines is 1. The molecule has 0 spiro atoms. The molecule has 1 fully saturated rings. The van der Waals surface area contributed by atoms with E-state index in [2.05, 4.69) is 27.1 Å². The van der Waals surface area contributed by atoms with E-state index < -0.39 is 0 Å². The van der Waals surface area contributed by atoms with Gasteiger partial charge in [0.25, 0.3) is 5.56 Å². The van der Waals surface area contributed by atoms with E-state index >= 15 is 0 Å². The average Bonchev–Trinajstić information content (AvgIpc) is 2.35. The van der Waals surface area contributed by atoms with Crippen molar-refractivity contribution in [3.63, 3.8) is 0 Å². The zero-order chi connectivity index (χ0) is 12.3. The topological polar surface area (TPSA) is 87.0 Å². The lowest BCUT2D eigenvalue weighted by molar-refractivity contribution is 0.226. The van der Waals surface area contributed by atoms with E-state index in [-0.39, 0.29) is 11.2 Å². The van der Waals surface area contributed by atoms with Crippen LogP contribution >= 0.6 is 0 Å². The molecule has 1 aromatic heterocycles. The van der Waals surface area contributed by atoms with Crippen LogP contribution in [-0.2, 0) is 0 Å². The number of aromatic nitrogens is 2. The summed E-state index contributed by atoms with van der Waals surface area (Å²) in [6.07, 6.45) is 3.63. The van der Waals surface area contributed by atoms with Crippen molar-refractivity contribution in [1.29, 1.82) is 0 Å². The van der Waals surface area contributed by atoms with Crippen LogP contribution in [0.2, 0.25) is 0 Å². The Morgan fingerprint density at radius 1 is 1.71 bits per heavy atom. The number of nitrogens with zero attached hydrogens (tertiary/aromatic N) is 2. The highest BCUT2D eigenvalue weighted by Crippen LogP contribution is 2.16. The van der Waals surface area contributed by atoms with Gasteiger partial charge < -0.3 is 20.9 Å². The van der Waals surface area contributed by atoms with E-state index in [0.717, 1.165) is 32.5 Å². The summed E-state index contributed by atoms with van der Waals surface area (Å²) in [6.45, 7) is 5.33. The van der Waals surface area contributed by atoms with E-state index in [1.54, 1.807) is 0 Å². The van der Waals surface area contributed by atoms with Crippen molar-refractivity contribution >= 4 is 11.5 Å². The van der Waals surface area contributed by atoms with Crippen molar-refractivity contribution < 1.29 is 0 Å². The van der Waals surface area contributed by atoms with Crippen molar-refractivity contribution in [2.45, 2.75) is 25.8 Å². The van der Waals surface area contributed by atoms with Gasteiger partial charge in [-0.2, -0.15) is 0 Å². The standard InChI is InChI=1S/C11H19N5O/c1-2-16-5-3-4-8(6-16)15-10-9(12)11(17)14-7-13-10/h7-8H,2-6,12H2,1H3,(H2,13,14,15,17). The molecule has 1 aromatic rings. The predicted molar refractivity (Wildman–Crippen MR) is 68.0 cm³/mol. The van der Waals surface area contributed by atoms with Crippen LogP contribution in [0.15, 0.2) is 11.1 Å². The van der Waals surface area contributed by atoms with E-state index in [0.29, 0.717) is 11.9 Å². The lowest BCUT2D eigenvalue weighted by Crippen LogP contribution is -2.42. The van der Waals surface area contributed by atoms with Gasteiger partial charge in [0.05, 0.1) is 6.33 Å². The van der Waals surface area contributed by atoms with Crippen LogP contribution in [0.4, 0.5) is 11.5 Å². The zero-order valence-corrected chi connectivity index (χ0v) is 10.1. The van der Waals surface area contributed by atoms with Crippen LogP contribution < -0.4 is 16.6 Å². The first-order valence-corrected chi connectivity index (χ1v) is 6.02. The van der Waals surface area contributed by atoms with Gasteiger partial charge in [0, 0.05) is 12.6 Å². The van der Waals surface area contributed by atoms with Crippen molar-refractivity contribution in [2.24, 2.45) is 0 Å². The molecular weight excluding hydrogens is 218 g/mol. The van der Waals surface area contributed by atoms with Crippen LogP contribution in [-0.4, -0.2) is 40.5 Å². The van der Waals surface area contributed by atoms with Gasteiger partial charge >= 0.3 is 0 Å². The number of piperidine rings is 1. The van der Waals surface area contributed by atoms with Gasteiger partial charge in [-0.3, -0.25) is 4.79 Å². The summed E-state index contributed by atoms with van der Waals surface area (Å²) in [4.78, 5) is 20.2. The van der Waals surface area contributed by atoms with Crippen molar-refractivity contribution in [2.75, 3.05) is 30.7 Å². The molecule has 1 saturated heterocycles. The first-order valence-electron chi connectivity index (χ1n) is 6.02. The molecular formula is C11H19N5O. The van der Waals surface area contributed by atoms with Crippen LogP contribution in [0.5, 0.6) is 0 Å². The number of nitrogens with one attached hydrogen (secondary N) is 2. The Balaban J connectivity index is 2.05. The number of likely N-dealkylation sites (tertiary alicyclic amines) is 1. The smallest absolute Gasteiger partial charge is 0.276 e. The molecule has 0 radical (unpaired) electrons. The van der Waals surface area contributed by atoms with Gasteiger partial charge in [0.1, 0.15) is 5.69 Å². The van der Waals surface area contributed by atoms with Crippen molar-refractivity contribution in [1.82, 2.24) is 14.9 Å². The second-order valence-electron chi connectivity index (χ2n) is 4.37. The lowest BCUT2D eigenvalue weighted by Gasteiger charge is -2.32. The van der Waals surface area contributed by atoms with Crippen LogP contribution in [0.3, 0.4) is 0 Å². The number of H-pyrrole nitrogens is 1. The maximum atomic E-state index is 11.3. The Morgan fingerprint density at radius 3 is 3.29 bits per heavy atom. The molecule has 0 aliphatic carbocycles. The molecule has 0 saturated carbocycles. The summed E-state index contributed by atoms with van der Waals surface area (Å²) in [5.74, 6) is 0.497. The molecule has 1 atom stereocenters. The highest BCUT2D eigenvalue weighted by Gasteiger charge is 2.19. The van der Waals surface area contributed by atoms with Gasteiger partial charge in [0.15, 0.2) is 5.82 Å². The number of hydrogen-bond donors (Lipinski definition) is 3. The third-order valence-electron chi connectivity index (χ3n) is 3.18. The Hall–Kier alpha value is -1.56. The second-order valence-corrected chi connectivity index (χ2v) is 4.37. The summed E-state index contributed by atoms with van der Waals surface area (Å²) in [5, 5.41) is 3.26. The number of anilines is 2. The maximum Gasteiger partial charge on any atom is 0.276 e. The van der Waals surface area contributed by atoms with Gasteiger partial charge in [-0.1, -0.05) is 6.92 Å². The Kier molecular flexibility index (Phi) is 3.63. The minimum Gasteiger partial charge on any atom is -0.391 e. The molecule has 2 heterocycles. The molecule has 1 aliphatic rings. The lowest BCUT2D eigenvalue weighted by atomic mass is 10.1. The van der Waals surface area contributed by atoms with E-state index in [1.165, 1.54) is 6.33 Å². The minimum absolute atomic E-state index is 0.168. The highest BCUT2D eigenvalue weighted by molar-refractivity contribution is 5.59. The normalized spacial score (nSPS) is 21.4. The number of nitrogens with two attached hydrogens (primary N) is 1. The highest BCUT2D eigenvalue weighted by atomic mass is 16.1. The fourth-order valence-corrected chi connectivity index (χ4v) is 2.18. The Morgan fingerprint density at radius 2 is 2.53 bits per heavy atom. The molecule has 0 aromatic carbocycles. The first-order chi connectivity index (χ1) is 8.20. The second kappa shape index (κ2) is 5.18. The van der Waals surface area contributed by atoms with Crippen molar-refractivity contribution in [3.8, 4) is 0 Å². The van der Waals surface area contributed by atoms with Gasteiger partial charge in [-0.05, 0) is 25.9 Å². The Bertz CT molecular complexity index is 430. The average molecular weight is 237 g/mol. The van der Waals surface area contributed by atoms with Gasteiger partial charge in [-0.25, -0.2) is 4.98 Å². The molecule has 6 heteroatoms. The summed E-state index contributed by atoms with van der Waals surface area (Å²) in [5.41, 5.74) is 5.57. The van der Waals surface area contributed by atoms with Crippen LogP contribution in [0.1, 0.15) is 19.8 Å². The molecule has 2 rings (SSSR count). The summed E-state index contributed by atoms with van der Waals surface area (Å²) < 4.78 is 0. The monoisotopic (exact) mass is 237 g/mol. The van der Waals surface area contributed by atoms with Crippen LogP contribution in [0.25, 0.3) is 0 Å². The fraction of sp³-hybridized carbons (Fsp3) is 0.636. The van der Waals surface area contributed by atoms with Crippen molar-refractivity contribution in [3.05, 3.63) is 16.7 Å². The Labute approximate surface area is 100 Å². The van der Waals surface area contributed by atoms with Crippen LogP contribution in [0, 0.1) is 0 Å². The molecule has 1 aliphatic heterocycles. The van der Waals surface area contributed by atoms with E-state index in [4.69, 9.17) is 5.73 Å². The number of nitrogen functional groups attached to an aromatic ring is 1. The SMILES string of the molecule is CCN1CCCC(Nc2nc[nH]c(=O)c2N)C1. The summed E-state index contributed by atoms with van der Waals surface area (Å²) in [7, 11) is 0. The maximum absolute atomic E-state index is 11.3.